The standard InChI is InChI=1S/C11H13ClO2S/c1-14-11(13)5-6-15-8-9-3-2-4-10(12)7-9/h2-4,7H,5-6,8H2,1H3. The third-order valence-corrected chi connectivity index (χ3v) is 3.10. The fourth-order valence-corrected chi connectivity index (χ4v) is 2.16. The minimum absolute atomic E-state index is 0.159. The van der Waals surface area contributed by atoms with Crippen molar-refractivity contribution in [2.75, 3.05) is 12.9 Å². The Labute approximate surface area is 99.0 Å². The van der Waals surface area contributed by atoms with E-state index >= 15 is 0 Å². The van der Waals surface area contributed by atoms with Crippen LogP contribution < -0.4 is 0 Å². The average molecular weight is 245 g/mol. The third kappa shape index (κ3) is 5.09. The van der Waals surface area contributed by atoms with Crippen molar-refractivity contribution >= 4 is 29.3 Å². The third-order valence-electron chi connectivity index (χ3n) is 1.84. The predicted octanol–water partition coefficient (Wildman–Crippen LogP) is 3.14. The Bertz CT molecular complexity index is 328. The molecule has 1 aromatic rings. The molecule has 0 heterocycles. The zero-order valence-electron chi connectivity index (χ0n) is 8.53. The second kappa shape index (κ2) is 6.75. The molecule has 0 aliphatic carbocycles. The molecule has 15 heavy (non-hydrogen) atoms. The van der Waals surface area contributed by atoms with Crippen LogP contribution in [0.25, 0.3) is 0 Å². The monoisotopic (exact) mass is 244 g/mol. The van der Waals surface area contributed by atoms with Crippen molar-refractivity contribution in [1.82, 2.24) is 0 Å². The Balaban J connectivity index is 2.23. The Morgan fingerprint density at radius 2 is 2.33 bits per heavy atom. The summed E-state index contributed by atoms with van der Waals surface area (Å²) in [5.41, 5.74) is 1.18. The zero-order chi connectivity index (χ0) is 11.1. The first-order chi connectivity index (χ1) is 7.22. The van der Waals surface area contributed by atoms with Crippen molar-refractivity contribution in [2.24, 2.45) is 0 Å². The summed E-state index contributed by atoms with van der Waals surface area (Å²) in [5.74, 6) is 1.49. The van der Waals surface area contributed by atoms with E-state index in [0.29, 0.717) is 6.42 Å². The topological polar surface area (TPSA) is 26.3 Å². The summed E-state index contributed by atoms with van der Waals surface area (Å²) in [6.45, 7) is 0. The lowest BCUT2D eigenvalue weighted by Gasteiger charge is -2.01. The van der Waals surface area contributed by atoms with Crippen LogP contribution in [0.1, 0.15) is 12.0 Å². The van der Waals surface area contributed by atoms with Crippen LogP contribution in [0.5, 0.6) is 0 Å². The van der Waals surface area contributed by atoms with Gasteiger partial charge in [-0.2, -0.15) is 11.8 Å². The molecule has 0 aliphatic heterocycles. The minimum Gasteiger partial charge on any atom is -0.469 e. The van der Waals surface area contributed by atoms with Crippen LogP contribution in [0, 0.1) is 0 Å². The molecular weight excluding hydrogens is 232 g/mol. The Kier molecular flexibility index (Phi) is 5.58. The Hall–Kier alpha value is -0.670. The predicted molar refractivity (Wildman–Crippen MR) is 64.2 cm³/mol. The molecule has 1 aromatic carbocycles. The number of hydrogen-bond donors (Lipinski definition) is 0. The highest BCUT2D eigenvalue weighted by atomic mass is 35.5. The fourth-order valence-electron chi connectivity index (χ4n) is 1.07. The minimum atomic E-state index is -0.159. The van der Waals surface area contributed by atoms with Gasteiger partial charge in [0.2, 0.25) is 0 Å². The number of esters is 1. The normalized spacial score (nSPS) is 10.0. The van der Waals surface area contributed by atoms with Gasteiger partial charge in [0.05, 0.1) is 13.5 Å². The number of thioether (sulfide) groups is 1. The van der Waals surface area contributed by atoms with E-state index in [4.69, 9.17) is 11.6 Å². The van der Waals surface area contributed by atoms with E-state index in [1.54, 1.807) is 11.8 Å². The molecule has 0 atom stereocenters. The van der Waals surface area contributed by atoms with Crippen molar-refractivity contribution < 1.29 is 9.53 Å². The summed E-state index contributed by atoms with van der Waals surface area (Å²) in [6, 6.07) is 7.74. The molecule has 0 bridgehead atoms. The van der Waals surface area contributed by atoms with Crippen LogP contribution in [-0.4, -0.2) is 18.8 Å². The average Bonchev–Trinajstić information content (AvgIpc) is 2.24. The quantitative estimate of drug-likeness (QED) is 0.588. The van der Waals surface area contributed by atoms with Gasteiger partial charge in [-0.25, -0.2) is 0 Å². The van der Waals surface area contributed by atoms with Crippen molar-refractivity contribution in [2.45, 2.75) is 12.2 Å². The highest BCUT2D eigenvalue weighted by Gasteiger charge is 2.00. The molecule has 0 unspecified atom stereocenters. The lowest BCUT2D eigenvalue weighted by Crippen LogP contribution is -2.01. The van der Waals surface area contributed by atoms with E-state index in [1.807, 2.05) is 24.3 Å². The molecule has 0 saturated carbocycles. The molecular formula is C11H13ClO2S. The number of carbonyl (C=O) groups is 1. The van der Waals surface area contributed by atoms with Crippen molar-refractivity contribution in [3.63, 3.8) is 0 Å². The summed E-state index contributed by atoms with van der Waals surface area (Å²) in [7, 11) is 1.41. The Morgan fingerprint density at radius 1 is 1.53 bits per heavy atom. The van der Waals surface area contributed by atoms with Gasteiger partial charge in [0.15, 0.2) is 0 Å². The van der Waals surface area contributed by atoms with E-state index in [9.17, 15) is 4.79 Å². The van der Waals surface area contributed by atoms with Crippen molar-refractivity contribution in [3.8, 4) is 0 Å². The highest BCUT2D eigenvalue weighted by molar-refractivity contribution is 7.98. The van der Waals surface area contributed by atoms with Crippen LogP contribution in [0.2, 0.25) is 5.02 Å². The first-order valence-corrected chi connectivity index (χ1v) is 6.14. The van der Waals surface area contributed by atoms with Gasteiger partial charge in [-0.15, -0.1) is 0 Å². The van der Waals surface area contributed by atoms with E-state index in [1.165, 1.54) is 12.7 Å². The maximum Gasteiger partial charge on any atom is 0.306 e. The van der Waals surface area contributed by atoms with Crippen LogP contribution in [0.3, 0.4) is 0 Å². The second-order valence-corrected chi connectivity index (χ2v) is 4.55. The van der Waals surface area contributed by atoms with Gasteiger partial charge in [-0.1, -0.05) is 23.7 Å². The summed E-state index contributed by atoms with van der Waals surface area (Å²) in [4.78, 5) is 10.8. The lowest BCUT2D eigenvalue weighted by atomic mass is 10.2. The molecule has 0 spiro atoms. The second-order valence-electron chi connectivity index (χ2n) is 3.01. The number of carbonyl (C=O) groups excluding carboxylic acids is 1. The SMILES string of the molecule is COC(=O)CCSCc1cccc(Cl)c1. The van der Waals surface area contributed by atoms with Crippen LogP contribution in [-0.2, 0) is 15.3 Å². The number of halogens is 1. The molecule has 0 N–H and O–H groups in total. The molecule has 0 saturated heterocycles. The lowest BCUT2D eigenvalue weighted by molar-refractivity contribution is -0.140. The van der Waals surface area contributed by atoms with Crippen LogP contribution >= 0.6 is 23.4 Å². The first kappa shape index (κ1) is 12.4. The molecule has 0 radical (unpaired) electrons. The van der Waals surface area contributed by atoms with Crippen LogP contribution in [0.4, 0.5) is 0 Å². The van der Waals surface area contributed by atoms with E-state index < -0.39 is 0 Å². The molecule has 0 aliphatic rings. The van der Waals surface area contributed by atoms with Gasteiger partial charge in [0.25, 0.3) is 0 Å². The molecule has 4 heteroatoms. The first-order valence-electron chi connectivity index (χ1n) is 4.61. The van der Waals surface area contributed by atoms with Gasteiger partial charge in [-0.05, 0) is 17.7 Å². The van der Waals surface area contributed by atoms with Gasteiger partial charge >= 0.3 is 5.97 Å². The van der Waals surface area contributed by atoms with E-state index in [-0.39, 0.29) is 5.97 Å². The van der Waals surface area contributed by atoms with E-state index in [2.05, 4.69) is 4.74 Å². The highest BCUT2D eigenvalue weighted by Crippen LogP contribution is 2.17. The van der Waals surface area contributed by atoms with Gasteiger partial charge in [-0.3, -0.25) is 4.79 Å². The maximum atomic E-state index is 10.8. The summed E-state index contributed by atoms with van der Waals surface area (Å²) in [6.07, 6.45) is 0.460. The van der Waals surface area contributed by atoms with Crippen molar-refractivity contribution in [1.29, 1.82) is 0 Å². The zero-order valence-corrected chi connectivity index (χ0v) is 10.1. The smallest absolute Gasteiger partial charge is 0.306 e. The number of ether oxygens (including phenoxy) is 1. The maximum absolute atomic E-state index is 10.8. The largest absolute Gasteiger partial charge is 0.469 e. The number of benzene rings is 1. The Morgan fingerprint density at radius 3 is 3.00 bits per heavy atom. The molecule has 1 rings (SSSR count). The van der Waals surface area contributed by atoms with Crippen LogP contribution in [0.15, 0.2) is 24.3 Å². The molecule has 0 amide bonds. The van der Waals surface area contributed by atoms with Gasteiger partial charge in [0.1, 0.15) is 0 Å². The summed E-state index contributed by atoms with van der Waals surface area (Å²) >= 11 is 7.55. The summed E-state index contributed by atoms with van der Waals surface area (Å²) < 4.78 is 4.55. The van der Waals surface area contributed by atoms with Gasteiger partial charge in [0, 0.05) is 16.5 Å². The number of rotatable bonds is 5. The summed E-state index contributed by atoms with van der Waals surface area (Å²) in [5, 5.41) is 0.751. The molecule has 0 fully saturated rings. The number of methoxy groups -OCH3 is 1. The molecule has 0 aromatic heterocycles. The van der Waals surface area contributed by atoms with Crippen molar-refractivity contribution in [3.05, 3.63) is 34.9 Å². The van der Waals surface area contributed by atoms with Gasteiger partial charge < -0.3 is 4.74 Å². The molecule has 82 valence electrons. The fraction of sp³-hybridized carbons (Fsp3) is 0.364. The number of hydrogen-bond acceptors (Lipinski definition) is 3. The van der Waals surface area contributed by atoms with E-state index in [0.717, 1.165) is 16.5 Å². The molecule has 2 nitrogen and oxygen atoms in total.